The van der Waals surface area contributed by atoms with Gasteiger partial charge in [-0.3, -0.25) is 0 Å². The summed E-state index contributed by atoms with van der Waals surface area (Å²) in [5.74, 6) is 2.06. The van der Waals surface area contributed by atoms with Crippen LogP contribution in [0.5, 0.6) is 0 Å². The van der Waals surface area contributed by atoms with E-state index in [1.54, 1.807) is 5.57 Å². The molecule has 2 saturated carbocycles. The first-order chi connectivity index (χ1) is 6.29. The maximum absolute atomic E-state index is 2.31. The maximum Gasteiger partial charge on any atom is -0.0172 e. The van der Waals surface area contributed by atoms with Crippen LogP contribution >= 0.6 is 0 Å². The fourth-order valence-electron chi connectivity index (χ4n) is 3.37. The smallest absolute Gasteiger partial charge is 0.0172 e. The van der Waals surface area contributed by atoms with E-state index in [2.05, 4.69) is 13.8 Å². The van der Waals surface area contributed by atoms with Gasteiger partial charge in [0.2, 0.25) is 0 Å². The van der Waals surface area contributed by atoms with Gasteiger partial charge >= 0.3 is 0 Å². The zero-order valence-electron chi connectivity index (χ0n) is 9.10. The molecule has 0 spiro atoms. The first-order valence-corrected chi connectivity index (χ1v) is 5.95. The van der Waals surface area contributed by atoms with Crippen molar-refractivity contribution < 1.29 is 0 Å². The van der Waals surface area contributed by atoms with Gasteiger partial charge in [-0.2, -0.15) is 0 Å². The van der Waals surface area contributed by atoms with Gasteiger partial charge in [0.25, 0.3) is 0 Å². The molecule has 0 saturated heterocycles. The number of allylic oxidation sites excluding steroid dienone is 2. The Hall–Kier alpha value is -0.260. The Morgan fingerprint density at radius 3 is 2.46 bits per heavy atom. The summed E-state index contributed by atoms with van der Waals surface area (Å²) >= 11 is 0. The van der Waals surface area contributed by atoms with Crippen molar-refractivity contribution in [2.24, 2.45) is 11.8 Å². The average molecular weight is 178 g/mol. The molecule has 0 bridgehead atoms. The van der Waals surface area contributed by atoms with Gasteiger partial charge in [0, 0.05) is 0 Å². The van der Waals surface area contributed by atoms with E-state index in [0.29, 0.717) is 0 Å². The Balaban J connectivity index is 2.16. The molecule has 0 aromatic heterocycles. The van der Waals surface area contributed by atoms with Crippen molar-refractivity contribution in [3.05, 3.63) is 11.1 Å². The lowest BCUT2D eigenvalue weighted by Gasteiger charge is -2.38. The van der Waals surface area contributed by atoms with Crippen LogP contribution < -0.4 is 0 Å². The molecule has 0 N–H and O–H groups in total. The highest BCUT2D eigenvalue weighted by Crippen LogP contribution is 2.44. The van der Waals surface area contributed by atoms with E-state index >= 15 is 0 Å². The molecule has 0 heterocycles. The van der Waals surface area contributed by atoms with E-state index in [-0.39, 0.29) is 0 Å². The third kappa shape index (κ3) is 1.82. The molecule has 0 nitrogen and oxygen atoms in total. The summed E-state index contributed by atoms with van der Waals surface area (Å²) < 4.78 is 0. The predicted molar refractivity (Wildman–Crippen MR) is 57.7 cm³/mol. The summed E-state index contributed by atoms with van der Waals surface area (Å²) in [5.41, 5.74) is 3.45. The van der Waals surface area contributed by atoms with Crippen LogP contribution in [-0.4, -0.2) is 0 Å². The Bertz CT molecular complexity index is 206. The predicted octanol–water partition coefficient (Wildman–Crippen LogP) is 4.31. The molecular formula is C13H22. The van der Waals surface area contributed by atoms with Crippen LogP contribution in [0.1, 0.15) is 58.8 Å². The minimum absolute atomic E-state index is 0.993. The first kappa shape index (κ1) is 9.30. The highest BCUT2D eigenvalue weighted by atomic mass is 14.4. The van der Waals surface area contributed by atoms with Gasteiger partial charge in [-0.25, -0.2) is 0 Å². The average Bonchev–Trinajstić information content (AvgIpc) is 2.17. The molecule has 0 amide bonds. The van der Waals surface area contributed by atoms with Gasteiger partial charge in [-0.1, -0.05) is 24.0 Å². The zero-order valence-corrected chi connectivity index (χ0v) is 9.10. The Kier molecular flexibility index (Phi) is 2.76. The molecule has 0 aromatic carbocycles. The molecule has 2 unspecified atom stereocenters. The quantitative estimate of drug-likeness (QED) is 0.485. The van der Waals surface area contributed by atoms with Gasteiger partial charge in [0.1, 0.15) is 0 Å². The molecule has 0 aromatic rings. The zero-order chi connectivity index (χ0) is 9.26. The van der Waals surface area contributed by atoms with Gasteiger partial charge < -0.3 is 0 Å². The van der Waals surface area contributed by atoms with Gasteiger partial charge in [0.05, 0.1) is 0 Å². The van der Waals surface area contributed by atoms with Crippen LogP contribution in [0.25, 0.3) is 0 Å². The van der Waals surface area contributed by atoms with Gasteiger partial charge in [0.15, 0.2) is 0 Å². The van der Waals surface area contributed by atoms with Crippen molar-refractivity contribution in [2.75, 3.05) is 0 Å². The van der Waals surface area contributed by atoms with E-state index in [4.69, 9.17) is 0 Å². The molecule has 0 aliphatic heterocycles. The fraction of sp³-hybridized carbons (Fsp3) is 0.846. The van der Waals surface area contributed by atoms with Gasteiger partial charge in [-0.15, -0.1) is 0 Å². The number of hydrogen-bond acceptors (Lipinski definition) is 0. The molecule has 2 rings (SSSR count). The molecule has 2 atom stereocenters. The minimum atomic E-state index is 0.993. The second-order valence-electron chi connectivity index (χ2n) is 5.07. The Morgan fingerprint density at radius 1 is 1.00 bits per heavy atom. The lowest BCUT2D eigenvalue weighted by Crippen LogP contribution is -2.25. The van der Waals surface area contributed by atoms with Crippen molar-refractivity contribution in [3.63, 3.8) is 0 Å². The summed E-state index contributed by atoms with van der Waals surface area (Å²) in [5, 5.41) is 0. The summed E-state index contributed by atoms with van der Waals surface area (Å²) in [4.78, 5) is 0. The summed E-state index contributed by atoms with van der Waals surface area (Å²) in [6.07, 6.45) is 10.4. The van der Waals surface area contributed by atoms with Crippen molar-refractivity contribution in [2.45, 2.75) is 58.8 Å². The molecule has 0 radical (unpaired) electrons. The highest BCUT2D eigenvalue weighted by Gasteiger charge is 2.30. The lowest BCUT2D eigenvalue weighted by atomic mass is 9.67. The molecule has 13 heavy (non-hydrogen) atoms. The SMILES string of the molecule is CC(C)=C1CCCC2CCCCC12. The van der Waals surface area contributed by atoms with E-state index in [0.717, 1.165) is 11.8 Å². The molecule has 0 heteroatoms. The standard InChI is InChI=1S/C13H22/c1-10(2)12-9-5-7-11-6-3-4-8-13(11)12/h11,13H,3-9H2,1-2H3. The number of hydrogen-bond donors (Lipinski definition) is 0. The van der Waals surface area contributed by atoms with E-state index < -0.39 is 0 Å². The molecule has 2 fully saturated rings. The van der Waals surface area contributed by atoms with Crippen LogP contribution in [0.3, 0.4) is 0 Å². The Labute approximate surface area is 82.4 Å². The van der Waals surface area contributed by atoms with Crippen LogP contribution in [0.15, 0.2) is 11.1 Å². The van der Waals surface area contributed by atoms with Gasteiger partial charge in [-0.05, 0) is 57.8 Å². The van der Waals surface area contributed by atoms with Crippen molar-refractivity contribution >= 4 is 0 Å². The summed E-state index contributed by atoms with van der Waals surface area (Å²) in [6.45, 7) is 4.62. The monoisotopic (exact) mass is 178 g/mol. The van der Waals surface area contributed by atoms with Crippen LogP contribution in [0.4, 0.5) is 0 Å². The lowest BCUT2D eigenvalue weighted by molar-refractivity contribution is 0.221. The van der Waals surface area contributed by atoms with Crippen LogP contribution in [0, 0.1) is 11.8 Å². The summed E-state index contributed by atoms with van der Waals surface area (Å²) in [7, 11) is 0. The molecule has 2 aliphatic carbocycles. The van der Waals surface area contributed by atoms with Crippen LogP contribution in [0.2, 0.25) is 0 Å². The fourth-order valence-corrected chi connectivity index (χ4v) is 3.37. The number of rotatable bonds is 0. The molecular weight excluding hydrogens is 156 g/mol. The van der Waals surface area contributed by atoms with E-state index in [9.17, 15) is 0 Å². The number of fused-ring (bicyclic) bond motifs is 1. The van der Waals surface area contributed by atoms with Crippen molar-refractivity contribution in [1.82, 2.24) is 0 Å². The Morgan fingerprint density at radius 2 is 1.69 bits per heavy atom. The van der Waals surface area contributed by atoms with Crippen molar-refractivity contribution in [1.29, 1.82) is 0 Å². The second kappa shape index (κ2) is 3.86. The topological polar surface area (TPSA) is 0 Å². The molecule has 74 valence electrons. The maximum atomic E-state index is 2.31. The van der Waals surface area contributed by atoms with Crippen LogP contribution in [-0.2, 0) is 0 Å². The first-order valence-electron chi connectivity index (χ1n) is 5.95. The molecule has 2 aliphatic rings. The third-order valence-electron chi connectivity index (χ3n) is 4.02. The van der Waals surface area contributed by atoms with E-state index in [1.807, 2.05) is 5.57 Å². The second-order valence-corrected chi connectivity index (χ2v) is 5.07. The normalized spacial score (nSPS) is 34.2. The van der Waals surface area contributed by atoms with E-state index in [1.165, 1.54) is 44.9 Å². The minimum Gasteiger partial charge on any atom is -0.0769 e. The summed E-state index contributed by atoms with van der Waals surface area (Å²) in [6, 6.07) is 0. The largest absolute Gasteiger partial charge is 0.0769 e. The van der Waals surface area contributed by atoms with Crippen molar-refractivity contribution in [3.8, 4) is 0 Å². The highest BCUT2D eigenvalue weighted by molar-refractivity contribution is 5.17. The third-order valence-corrected chi connectivity index (χ3v) is 4.02.